The lowest BCUT2D eigenvalue weighted by atomic mass is 10.1. The van der Waals surface area contributed by atoms with Crippen molar-refractivity contribution in [2.24, 2.45) is 0 Å². The maximum Gasteiger partial charge on any atom is 0.243 e. The first-order valence-electron chi connectivity index (χ1n) is 5.97. The molecular formula is C12H17IN2O2S. The van der Waals surface area contributed by atoms with Crippen molar-refractivity contribution < 1.29 is 8.42 Å². The molecule has 2 rings (SSSR count). The van der Waals surface area contributed by atoms with E-state index in [9.17, 15) is 8.42 Å². The maximum atomic E-state index is 12.5. The zero-order valence-corrected chi connectivity index (χ0v) is 13.2. The highest BCUT2D eigenvalue weighted by atomic mass is 127. The van der Waals surface area contributed by atoms with Crippen LogP contribution in [0.4, 0.5) is 0 Å². The minimum atomic E-state index is -3.33. The molecule has 4 nitrogen and oxygen atoms in total. The molecule has 1 unspecified atom stereocenters. The largest absolute Gasteiger partial charge is 0.316 e. The molecule has 0 radical (unpaired) electrons. The van der Waals surface area contributed by atoms with Crippen molar-refractivity contribution in [3.8, 4) is 0 Å². The van der Waals surface area contributed by atoms with Gasteiger partial charge in [-0.15, -0.1) is 0 Å². The zero-order chi connectivity index (χ0) is 13.2. The van der Waals surface area contributed by atoms with Gasteiger partial charge in [0, 0.05) is 22.7 Å². The smallest absolute Gasteiger partial charge is 0.243 e. The fraction of sp³-hybridized carbons (Fsp3) is 0.500. The minimum Gasteiger partial charge on any atom is -0.316 e. The molecule has 1 aliphatic heterocycles. The molecule has 100 valence electrons. The Kier molecular flexibility index (Phi) is 4.63. The molecule has 1 atom stereocenters. The number of hydrogen-bond acceptors (Lipinski definition) is 3. The predicted molar refractivity (Wildman–Crippen MR) is 80.0 cm³/mol. The molecule has 0 saturated carbocycles. The van der Waals surface area contributed by atoms with E-state index >= 15 is 0 Å². The highest BCUT2D eigenvalue weighted by molar-refractivity contribution is 14.1. The highest BCUT2D eigenvalue weighted by Crippen LogP contribution is 2.21. The average Bonchev–Trinajstić information content (AvgIpc) is 2.39. The van der Waals surface area contributed by atoms with E-state index in [-0.39, 0.29) is 6.04 Å². The van der Waals surface area contributed by atoms with Crippen LogP contribution in [0.1, 0.15) is 12.8 Å². The number of nitrogens with one attached hydrogen (secondary N) is 1. The van der Waals surface area contributed by atoms with Gasteiger partial charge in [0.25, 0.3) is 0 Å². The summed E-state index contributed by atoms with van der Waals surface area (Å²) >= 11 is 2.17. The van der Waals surface area contributed by atoms with Gasteiger partial charge in [-0.1, -0.05) is 0 Å². The Morgan fingerprint density at radius 1 is 1.33 bits per heavy atom. The number of likely N-dealkylation sites (N-methyl/N-ethyl adjacent to an activating group) is 1. The SMILES string of the molecule is CNC1CCCN(S(=O)(=O)c2ccc(I)cc2)C1. The van der Waals surface area contributed by atoms with Crippen molar-refractivity contribution in [3.05, 3.63) is 27.8 Å². The van der Waals surface area contributed by atoms with E-state index in [2.05, 4.69) is 27.9 Å². The molecule has 0 amide bonds. The molecule has 1 N–H and O–H groups in total. The Balaban J connectivity index is 2.22. The van der Waals surface area contributed by atoms with Gasteiger partial charge in [0.05, 0.1) is 4.90 Å². The number of nitrogens with zero attached hydrogens (tertiary/aromatic N) is 1. The highest BCUT2D eigenvalue weighted by Gasteiger charge is 2.29. The topological polar surface area (TPSA) is 49.4 Å². The van der Waals surface area contributed by atoms with Crippen molar-refractivity contribution in [2.75, 3.05) is 20.1 Å². The van der Waals surface area contributed by atoms with E-state index in [1.807, 2.05) is 19.2 Å². The second-order valence-electron chi connectivity index (χ2n) is 4.44. The van der Waals surface area contributed by atoms with Gasteiger partial charge in [-0.05, 0) is 66.7 Å². The van der Waals surface area contributed by atoms with E-state index in [4.69, 9.17) is 0 Å². The first kappa shape index (κ1) is 14.2. The summed E-state index contributed by atoms with van der Waals surface area (Å²) < 4.78 is 27.5. The monoisotopic (exact) mass is 380 g/mol. The van der Waals surface area contributed by atoms with Crippen LogP contribution in [0.25, 0.3) is 0 Å². The van der Waals surface area contributed by atoms with Crippen molar-refractivity contribution >= 4 is 32.6 Å². The summed E-state index contributed by atoms with van der Waals surface area (Å²) in [6.45, 7) is 1.18. The quantitative estimate of drug-likeness (QED) is 0.812. The standard InChI is InChI=1S/C12H17IN2O2S/c1-14-11-3-2-8-15(9-11)18(16,17)12-6-4-10(13)5-7-12/h4-7,11,14H,2-3,8-9H2,1H3. The van der Waals surface area contributed by atoms with Gasteiger partial charge in [0.1, 0.15) is 0 Å². The van der Waals surface area contributed by atoms with E-state index in [0.29, 0.717) is 18.0 Å². The lowest BCUT2D eigenvalue weighted by Gasteiger charge is -2.31. The normalized spacial score (nSPS) is 22.0. The number of rotatable bonds is 3. The zero-order valence-electron chi connectivity index (χ0n) is 10.3. The third-order valence-electron chi connectivity index (χ3n) is 3.24. The van der Waals surface area contributed by atoms with Crippen LogP contribution < -0.4 is 5.32 Å². The molecule has 6 heteroatoms. The summed E-state index contributed by atoms with van der Waals surface area (Å²) in [7, 11) is -1.45. The van der Waals surface area contributed by atoms with E-state index in [1.54, 1.807) is 16.4 Å². The van der Waals surface area contributed by atoms with Gasteiger partial charge >= 0.3 is 0 Å². The summed E-state index contributed by atoms with van der Waals surface area (Å²) in [4.78, 5) is 0.389. The summed E-state index contributed by atoms with van der Waals surface area (Å²) in [5.41, 5.74) is 0. The summed E-state index contributed by atoms with van der Waals surface area (Å²) in [6.07, 6.45) is 1.95. The van der Waals surface area contributed by atoms with Crippen molar-refractivity contribution in [1.82, 2.24) is 9.62 Å². The second kappa shape index (κ2) is 5.85. The Labute approximate surface area is 122 Å². The van der Waals surface area contributed by atoms with Crippen molar-refractivity contribution in [2.45, 2.75) is 23.8 Å². The molecule has 0 spiro atoms. The van der Waals surface area contributed by atoms with Crippen LogP contribution >= 0.6 is 22.6 Å². The van der Waals surface area contributed by atoms with Crippen LogP contribution in [-0.2, 0) is 10.0 Å². The van der Waals surface area contributed by atoms with Gasteiger partial charge in [-0.3, -0.25) is 0 Å². The number of hydrogen-bond donors (Lipinski definition) is 1. The molecule has 1 aromatic carbocycles. The molecule has 1 aromatic rings. The van der Waals surface area contributed by atoms with Gasteiger partial charge < -0.3 is 5.32 Å². The Hall–Kier alpha value is -0.180. The van der Waals surface area contributed by atoms with Crippen LogP contribution in [0.15, 0.2) is 29.2 Å². The van der Waals surface area contributed by atoms with Crippen LogP contribution in [-0.4, -0.2) is 38.9 Å². The van der Waals surface area contributed by atoms with Gasteiger partial charge in [0.15, 0.2) is 0 Å². The number of sulfonamides is 1. The maximum absolute atomic E-state index is 12.5. The first-order valence-corrected chi connectivity index (χ1v) is 8.49. The fourth-order valence-electron chi connectivity index (χ4n) is 2.15. The van der Waals surface area contributed by atoms with Crippen LogP contribution in [0.3, 0.4) is 0 Å². The first-order chi connectivity index (χ1) is 8.54. The van der Waals surface area contributed by atoms with E-state index in [1.165, 1.54) is 0 Å². The van der Waals surface area contributed by atoms with E-state index in [0.717, 1.165) is 16.4 Å². The molecular weight excluding hydrogens is 363 g/mol. The van der Waals surface area contributed by atoms with Crippen LogP contribution in [0, 0.1) is 3.57 Å². The summed E-state index contributed by atoms with van der Waals surface area (Å²) in [5.74, 6) is 0. The second-order valence-corrected chi connectivity index (χ2v) is 7.63. The third-order valence-corrected chi connectivity index (χ3v) is 5.84. The molecule has 1 aliphatic rings. The van der Waals surface area contributed by atoms with E-state index < -0.39 is 10.0 Å². The van der Waals surface area contributed by atoms with Crippen LogP contribution in [0.2, 0.25) is 0 Å². The molecule has 1 heterocycles. The minimum absolute atomic E-state index is 0.261. The molecule has 0 aliphatic carbocycles. The van der Waals surface area contributed by atoms with Crippen molar-refractivity contribution in [3.63, 3.8) is 0 Å². The Bertz CT molecular complexity index is 501. The fourth-order valence-corrected chi connectivity index (χ4v) is 4.04. The predicted octanol–water partition coefficient (Wildman–Crippen LogP) is 1.66. The Morgan fingerprint density at radius 2 is 2.00 bits per heavy atom. The number of piperidine rings is 1. The number of halogens is 1. The molecule has 1 fully saturated rings. The van der Waals surface area contributed by atoms with Gasteiger partial charge in [-0.25, -0.2) is 8.42 Å². The summed E-state index contributed by atoms with van der Waals surface area (Å²) in [5, 5.41) is 3.16. The molecule has 0 aromatic heterocycles. The lowest BCUT2D eigenvalue weighted by Crippen LogP contribution is -2.46. The molecule has 0 bridgehead atoms. The van der Waals surface area contributed by atoms with Gasteiger partial charge in [-0.2, -0.15) is 4.31 Å². The van der Waals surface area contributed by atoms with Crippen LogP contribution in [0.5, 0.6) is 0 Å². The third kappa shape index (κ3) is 3.04. The number of benzene rings is 1. The molecule has 18 heavy (non-hydrogen) atoms. The Morgan fingerprint density at radius 3 is 2.61 bits per heavy atom. The summed E-state index contributed by atoms with van der Waals surface area (Å²) in [6, 6.07) is 7.28. The molecule has 1 saturated heterocycles. The average molecular weight is 380 g/mol. The van der Waals surface area contributed by atoms with Gasteiger partial charge in [0.2, 0.25) is 10.0 Å². The van der Waals surface area contributed by atoms with Crippen molar-refractivity contribution in [1.29, 1.82) is 0 Å². The lowest BCUT2D eigenvalue weighted by molar-refractivity contribution is 0.293.